The number of nitrogens with zero attached hydrogens (tertiary/aromatic N) is 2. The van der Waals surface area contributed by atoms with Gasteiger partial charge >= 0.3 is 0 Å². The average Bonchev–Trinajstić information content (AvgIpc) is 2.94. The van der Waals surface area contributed by atoms with Gasteiger partial charge in [0, 0.05) is 37.7 Å². The summed E-state index contributed by atoms with van der Waals surface area (Å²) in [5.41, 5.74) is 2.96. The molecule has 0 bridgehead atoms. The first-order valence-corrected chi connectivity index (χ1v) is 7.56. The molecule has 1 N–H and O–H groups in total. The summed E-state index contributed by atoms with van der Waals surface area (Å²) in [6, 6.07) is 0.737. The highest BCUT2D eigenvalue weighted by Gasteiger charge is 2.23. The van der Waals surface area contributed by atoms with Crippen molar-refractivity contribution in [2.45, 2.75) is 31.8 Å². The highest BCUT2D eigenvalue weighted by Crippen LogP contribution is 2.17. The summed E-state index contributed by atoms with van der Waals surface area (Å²) in [4.78, 5) is 17.9. The maximum atomic E-state index is 11.7. The SMILES string of the molecule is COCC(=O)N1CCC(NC(C)c2cscn2)CC1. The number of carbonyl (C=O) groups is 1. The van der Waals surface area contributed by atoms with Crippen LogP contribution in [0.5, 0.6) is 0 Å². The minimum Gasteiger partial charge on any atom is -0.375 e. The maximum absolute atomic E-state index is 11.7. The van der Waals surface area contributed by atoms with E-state index in [1.54, 1.807) is 18.4 Å². The van der Waals surface area contributed by atoms with Gasteiger partial charge in [-0.25, -0.2) is 4.98 Å². The minimum atomic E-state index is 0.0912. The summed E-state index contributed by atoms with van der Waals surface area (Å²) in [6.07, 6.45) is 1.98. The third-order valence-electron chi connectivity index (χ3n) is 3.50. The number of hydrogen-bond donors (Lipinski definition) is 1. The van der Waals surface area contributed by atoms with Crippen molar-refractivity contribution in [2.24, 2.45) is 0 Å². The smallest absolute Gasteiger partial charge is 0.248 e. The van der Waals surface area contributed by atoms with Crippen LogP contribution in [0.2, 0.25) is 0 Å². The second-order valence-corrected chi connectivity index (χ2v) is 5.61. The molecule has 0 radical (unpaired) electrons. The van der Waals surface area contributed by atoms with Crippen molar-refractivity contribution in [1.29, 1.82) is 0 Å². The Hall–Kier alpha value is -0.980. The second-order valence-electron chi connectivity index (χ2n) is 4.89. The van der Waals surface area contributed by atoms with E-state index in [0.29, 0.717) is 6.04 Å². The Morgan fingerprint density at radius 1 is 1.63 bits per heavy atom. The number of hydrogen-bond acceptors (Lipinski definition) is 5. The lowest BCUT2D eigenvalue weighted by Crippen LogP contribution is -2.46. The van der Waals surface area contributed by atoms with Gasteiger partial charge in [0.1, 0.15) is 6.61 Å². The van der Waals surface area contributed by atoms with Crippen LogP contribution in [-0.4, -0.2) is 48.6 Å². The lowest BCUT2D eigenvalue weighted by atomic mass is 10.0. The van der Waals surface area contributed by atoms with Crippen LogP contribution in [0.4, 0.5) is 0 Å². The molecule has 0 aromatic carbocycles. The maximum Gasteiger partial charge on any atom is 0.248 e. The van der Waals surface area contributed by atoms with Crippen LogP contribution >= 0.6 is 11.3 Å². The Labute approximate surface area is 118 Å². The van der Waals surface area contributed by atoms with Crippen LogP contribution < -0.4 is 5.32 Å². The van der Waals surface area contributed by atoms with Crippen molar-refractivity contribution in [2.75, 3.05) is 26.8 Å². The highest BCUT2D eigenvalue weighted by atomic mass is 32.1. The summed E-state index contributed by atoms with van der Waals surface area (Å²) in [5, 5.41) is 5.67. The molecule has 5 nitrogen and oxygen atoms in total. The summed E-state index contributed by atoms with van der Waals surface area (Å²) in [6.45, 7) is 3.94. The molecule has 1 atom stereocenters. The molecule has 1 unspecified atom stereocenters. The molecule has 19 heavy (non-hydrogen) atoms. The van der Waals surface area contributed by atoms with Gasteiger partial charge in [-0.2, -0.15) is 0 Å². The molecule has 1 fully saturated rings. The zero-order valence-corrected chi connectivity index (χ0v) is 12.3. The third-order valence-corrected chi connectivity index (χ3v) is 4.10. The van der Waals surface area contributed by atoms with Crippen LogP contribution in [0, 0.1) is 0 Å². The lowest BCUT2D eigenvalue weighted by Gasteiger charge is -2.33. The number of rotatable bonds is 5. The zero-order valence-electron chi connectivity index (χ0n) is 11.5. The van der Waals surface area contributed by atoms with Crippen molar-refractivity contribution in [3.05, 3.63) is 16.6 Å². The first kappa shape index (κ1) is 14.4. The second kappa shape index (κ2) is 6.98. The molecule has 1 aromatic rings. The van der Waals surface area contributed by atoms with Gasteiger partial charge in [-0.15, -0.1) is 11.3 Å². The molecule has 1 aromatic heterocycles. The number of thiazole rings is 1. The largest absolute Gasteiger partial charge is 0.375 e. The molecule has 0 spiro atoms. The van der Waals surface area contributed by atoms with Crippen molar-refractivity contribution >= 4 is 17.2 Å². The van der Waals surface area contributed by atoms with E-state index >= 15 is 0 Å². The fourth-order valence-corrected chi connectivity index (χ4v) is 3.03. The van der Waals surface area contributed by atoms with Crippen LogP contribution in [0.1, 0.15) is 31.5 Å². The molecule has 2 heterocycles. The number of amides is 1. The average molecular weight is 283 g/mol. The molecule has 6 heteroatoms. The summed E-state index contributed by atoms with van der Waals surface area (Å²) >= 11 is 1.62. The Morgan fingerprint density at radius 3 is 2.95 bits per heavy atom. The molecular weight excluding hydrogens is 262 g/mol. The first-order chi connectivity index (χ1) is 9.20. The molecule has 1 aliphatic rings. The number of nitrogens with one attached hydrogen (secondary N) is 1. The van der Waals surface area contributed by atoms with Crippen molar-refractivity contribution in [3.63, 3.8) is 0 Å². The lowest BCUT2D eigenvalue weighted by molar-refractivity contribution is -0.136. The quantitative estimate of drug-likeness (QED) is 0.888. The van der Waals surface area contributed by atoms with Gasteiger partial charge in [-0.3, -0.25) is 4.79 Å². The number of likely N-dealkylation sites (tertiary alicyclic amines) is 1. The summed E-state index contributed by atoms with van der Waals surface area (Å²) < 4.78 is 4.88. The Kier molecular flexibility index (Phi) is 5.30. The monoisotopic (exact) mass is 283 g/mol. The molecule has 0 aliphatic carbocycles. The van der Waals surface area contributed by atoms with Crippen LogP contribution in [0.25, 0.3) is 0 Å². The fraction of sp³-hybridized carbons (Fsp3) is 0.692. The standard InChI is InChI=1S/C13H21N3O2S/c1-10(12-8-19-9-14-12)15-11-3-5-16(6-4-11)13(17)7-18-2/h8-11,15H,3-7H2,1-2H3. The molecule has 106 valence electrons. The van der Waals surface area contributed by atoms with Gasteiger partial charge < -0.3 is 15.0 Å². The number of methoxy groups -OCH3 is 1. The topological polar surface area (TPSA) is 54.5 Å². The number of piperidine rings is 1. The van der Waals surface area contributed by atoms with Crippen LogP contribution in [0.3, 0.4) is 0 Å². The van der Waals surface area contributed by atoms with E-state index in [1.807, 2.05) is 10.4 Å². The van der Waals surface area contributed by atoms with Gasteiger partial charge in [-0.1, -0.05) is 0 Å². The molecule has 1 aliphatic heterocycles. The number of aromatic nitrogens is 1. The van der Waals surface area contributed by atoms with E-state index in [-0.39, 0.29) is 18.6 Å². The minimum absolute atomic E-state index is 0.0912. The molecule has 1 amide bonds. The molecule has 1 saturated heterocycles. The van der Waals surface area contributed by atoms with Crippen molar-refractivity contribution < 1.29 is 9.53 Å². The van der Waals surface area contributed by atoms with Gasteiger partial charge in [0.05, 0.1) is 11.2 Å². The molecular formula is C13H21N3O2S. The van der Waals surface area contributed by atoms with E-state index in [9.17, 15) is 4.79 Å². The number of ether oxygens (including phenoxy) is 1. The van der Waals surface area contributed by atoms with E-state index in [4.69, 9.17) is 4.74 Å². The van der Waals surface area contributed by atoms with Crippen molar-refractivity contribution in [1.82, 2.24) is 15.2 Å². The van der Waals surface area contributed by atoms with Gasteiger partial charge in [-0.05, 0) is 19.8 Å². The van der Waals surface area contributed by atoms with E-state index in [1.165, 1.54) is 0 Å². The molecule has 0 saturated carbocycles. The van der Waals surface area contributed by atoms with E-state index < -0.39 is 0 Å². The first-order valence-electron chi connectivity index (χ1n) is 6.61. The van der Waals surface area contributed by atoms with Gasteiger partial charge in [0.25, 0.3) is 0 Å². The summed E-state index contributed by atoms with van der Waals surface area (Å²) in [7, 11) is 1.56. The predicted octanol–water partition coefficient (Wildman–Crippen LogP) is 1.43. The zero-order chi connectivity index (χ0) is 13.7. The Bertz CT molecular complexity index is 389. The highest BCUT2D eigenvalue weighted by molar-refractivity contribution is 7.07. The van der Waals surface area contributed by atoms with Crippen LogP contribution in [-0.2, 0) is 9.53 Å². The normalized spacial score (nSPS) is 18.5. The van der Waals surface area contributed by atoms with Crippen molar-refractivity contribution in [3.8, 4) is 0 Å². The van der Waals surface area contributed by atoms with E-state index in [2.05, 4.69) is 22.6 Å². The fourth-order valence-electron chi connectivity index (χ4n) is 2.38. The Balaban J connectivity index is 1.76. The van der Waals surface area contributed by atoms with E-state index in [0.717, 1.165) is 31.6 Å². The summed E-state index contributed by atoms with van der Waals surface area (Å²) in [5.74, 6) is 0.0912. The predicted molar refractivity (Wildman–Crippen MR) is 75.1 cm³/mol. The van der Waals surface area contributed by atoms with Gasteiger partial charge in [0.2, 0.25) is 5.91 Å². The Morgan fingerprint density at radius 2 is 2.37 bits per heavy atom. The molecule has 2 rings (SSSR count). The third kappa shape index (κ3) is 3.99. The van der Waals surface area contributed by atoms with Crippen LogP contribution in [0.15, 0.2) is 10.9 Å². The number of carbonyl (C=O) groups excluding carboxylic acids is 1. The van der Waals surface area contributed by atoms with Gasteiger partial charge in [0.15, 0.2) is 0 Å².